The second-order valence-electron chi connectivity index (χ2n) is 3.85. The lowest BCUT2D eigenvalue weighted by Gasteiger charge is -2.05. The molecule has 1 atom stereocenters. The third-order valence-corrected chi connectivity index (χ3v) is 2.30. The molecule has 0 saturated carbocycles. The van der Waals surface area contributed by atoms with Crippen LogP contribution in [0.5, 0.6) is 0 Å². The second kappa shape index (κ2) is 8.25. The van der Waals surface area contributed by atoms with Gasteiger partial charge in [0, 0.05) is 12.1 Å². The molecule has 1 aromatic carbocycles. The van der Waals surface area contributed by atoms with Crippen LogP contribution in [-0.2, 0) is 16.0 Å². The predicted molar refractivity (Wildman–Crippen MR) is 73.0 cm³/mol. The van der Waals surface area contributed by atoms with E-state index in [2.05, 4.69) is 0 Å². The van der Waals surface area contributed by atoms with Crippen molar-refractivity contribution in [1.29, 1.82) is 0 Å². The van der Waals surface area contributed by atoms with Crippen molar-refractivity contribution in [1.82, 2.24) is 0 Å². The van der Waals surface area contributed by atoms with Crippen molar-refractivity contribution in [2.24, 2.45) is 5.73 Å². The summed E-state index contributed by atoms with van der Waals surface area (Å²) in [7, 11) is 0. The van der Waals surface area contributed by atoms with Gasteiger partial charge in [0.15, 0.2) is 0 Å². The molecule has 1 unspecified atom stereocenters. The molecule has 0 bridgehead atoms. The van der Waals surface area contributed by atoms with Crippen molar-refractivity contribution in [3.8, 4) is 0 Å². The Hall–Kier alpha value is -1.87. The Labute approximate surface area is 108 Å². The topological polar surface area (TPSA) is 52.3 Å². The van der Waals surface area contributed by atoms with E-state index in [1.54, 1.807) is 19.1 Å². The van der Waals surface area contributed by atoms with Gasteiger partial charge < -0.3 is 10.5 Å². The first kappa shape index (κ1) is 14.2. The maximum absolute atomic E-state index is 11.0. The first-order valence-corrected chi connectivity index (χ1v) is 6.03. The van der Waals surface area contributed by atoms with E-state index in [4.69, 9.17) is 10.5 Å². The first-order chi connectivity index (χ1) is 8.72. The maximum atomic E-state index is 11.0. The molecule has 3 nitrogen and oxygen atoms in total. The minimum Gasteiger partial charge on any atom is -0.463 e. The molecule has 1 aromatic rings. The van der Waals surface area contributed by atoms with Crippen molar-refractivity contribution in [2.75, 3.05) is 6.61 Å². The third-order valence-electron chi connectivity index (χ3n) is 2.30. The largest absolute Gasteiger partial charge is 0.463 e. The highest BCUT2D eigenvalue weighted by molar-refractivity contribution is 5.82. The summed E-state index contributed by atoms with van der Waals surface area (Å²) in [5.41, 5.74) is 7.14. The van der Waals surface area contributed by atoms with Gasteiger partial charge in [-0.1, -0.05) is 48.6 Å². The highest BCUT2D eigenvalue weighted by Gasteiger charge is 1.98. The number of nitrogens with two attached hydrogens (primary N) is 1. The molecule has 2 N–H and O–H groups in total. The van der Waals surface area contributed by atoms with Gasteiger partial charge in [-0.25, -0.2) is 4.79 Å². The fourth-order valence-corrected chi connectivity index (χ4v) is 1.49. The van der Waals surface area contributed by atoms with Crippen LogP contribution in [0.2, 0.25) is 0 Å². The van der Waals surface area contributed by atoms with Gasteiger partial charge in [0.2, 0.25) is 0 Å². The highest BCUT2D eigenvalue weighted by atomic mass is 16.5. The summed E-state index contributed by atoms with van der Waals surface area (Å²) in [6.07, 6.45) is 7.44. The molecule has 0 amide bonds. The van der Waals surface area contributed by atoms with Crippen LogP contribution in [0.15, 0.2) is 54.6 Å². The molecular weight excluding hydrogens is 226 g/mol. The monoisotopic (exact) mass is 245 g/mol. The van der Waals surface area contributed by atoms with Crippen molar-refractivity contribution >= 4 is 5.97 Å². The van der Waals surface area contributed by atoms with E-state index < -0.39 is 0 Å². The van der Waals surface area contributed by atoms with Gasteiger partial charge >= 0.3 is 5.97 Å². The average Bonchev–Trinajstić information content (AvgIpc) is 2.36. The van der Waals surface area contributed by atoms with Crippen molar-refractivity contribution in [3.05, 3.63) is 60.2 Å². The van der Waals surface area contributed by atoms with E-state index in [1.807, 2.05) is 36.4 Å². The Morgan fingerprint density at radius 2 is 2.06 bits per heavy atom. The summed E-state index contributed by atoms with van der Waals surface area (Å²) in [4.78, 5) is 11.0. The molecule has 18 heavy (non-hydrogen) atoms. The SMILES string of the molecule is CCOC(=O)/C=C/C=C/C(N)Cc1ccccc1. The Kier molecular flexibility index (Phi) is 6.51. The third kappa shape index (κ3) is 6.01. The van der Waals surface area contributed by atoms with E-state index in [0.717, 1.165) is 6.42 Å². The summed E-state index contributed by atoms with van der Waals surface area (Å²) >= 11 is 0. The van der Waals surface area contributed by atoms with Crippen LogP contribution in [-0.4, -0.2) is 18.6 Å². The number of rotatable bonds is 6. The number of carbonyl (C=O) groups is 1. The van der Waals surface area contributed by atoms with E-state index in [1.165, 1.54) is 11.6 Å². The van der Waals surface area contributed by atoms with Crippen LogP contribution in [0.25, 0.3) is 0 Å². The number of ether oxygens (including phenoxy) is 1. The summed E-state index contributed by atoms with van der Waals surface area (Å²) < 4.78 is 4.75. The molecule has 3 heteroatoms. The molecule has 0 aliphatic heterocycles. The Bertz CT molecular complexity index is 410. The number of carbonyl (C=O) groups excluding carboxylic acids is 1. The van der Waals surface area contributed by atoms with E-state index >= 15 is 0 Å². The molecule has 0 saturated heterocycles. The van der Waals surface area contributed by atoms with E-state index in [-0.39, 0.29) is 12.0 Å². The zero-order valence-corrected chi connectivity index (χ0v) is 10.6. The Morgan fingerprint density at radius 1 is 1.33 bits per heavy atom. The quantitative estimate of drug-likeness (QED) is 0.475. The number of benzene rings is 1. The molecule has 0 aliphatic carbocycles. The fraction of sp³-hybridized carbons (Fsp3) is 0.267. The van der Waals surface area contributed by atoms with Crippen molar-refractivity contribution in [2.45, 2.75) is 19.4 Å². The summed E-state index contributed by atoms with van der Waals surface area (Å²) in [6.45, 7) is 2.16. The summed E-state index contributed by atoms with van der Waals surface area (Å²) in [5.74, 6) is -0.334. The molecule has 0 heterocycles. The molecule has 0 spiro atoms. The van der Waals surface area contributed by atoms with Gasteiger partial charge in [-0.05, 0) is 18.9 Å². The molecule has 0 aromatic heterocycles. The van der Waals surface area contributed by atoms with Gasteiger partial charge in [-0.2, -0.15) is 0 Å². The fourth-order valence-electron chi connectivity index (χ4n) is 1.49. The smallest absolute Gasteiger partial charge is 0.330 e. The average molecular weight is 245 g/mol. The predicted octanol–water partition coefficient (Wildman–Crippen LogP) is 2.23. The zero-order valence-electron chi connectivity index (χ0n) is 10.6. The number of hydrogen-bond acceptors (Lipinski definition) is 3. The minimum absolute atomic E-state index is 0.0563. The van der Waals surface area contributed by atoms with Crippen LogP contribution in [0, 0.1) is 0 Å². The standard InChI is InChI=1S/C15H19NO2/c1-2-18-15(17)11-7-6-10-14(16)12-13-8-4-3-5-9-13/h3-11,14H,2,12,16H2,1H3/b10-6+,11-7+. The minimum atomic E-state index is -0.334. The summed E-state index contributed by atoms with van der Waals surface area (Å²) in [6, 6.07) is 10.00. The first-order valence-electron chi connectivity index (χ1n) is 6.03. The molecule has 0 fully saturated rings. The maximum Gasteiger partial charge on any atom is 0.330 e. The molecule has 0 radical (unpaired) electrons. The van der Waals surface area contributed by atoms with Crippen molar-refractivity contribution in [3.63, 3.8) is 0 Å². The van der Waals surface area contributed by atoms with Crippen molar-refractivity contribution < 1.29 is 9.53 Å². The lowest BCUT2D eigenvalue weighted by molar-refractivity contribution is -0.137. The molecule has 0 aliphatic rings. The second-order valence-corrected chi connectivity index (χ2v) is 3.85. The van der Waals surface area contributed by atoms with Crippen LogP contribution in [0.4, 0.5) is 0 Å². The Morgan fingerprint density at radius 3 is 2.72 bits per heavy atom. The zero-order chi connectivity index (χ0) is 13.2. The van der Waals surface area contributed by atoms with E-state index in [9.17, 15) is 4.79 Å². The van der Waals surface area contributed by atoms with Gasteiger partial charge in [-0.3, -0.25) is 0 Å². The van der Waals surface area contributed by atoms with Crippen LogP contribution < -0.4 is 5.73 Å². The van der Waals surface area contributed by atoms with Gasteiger partial charge in [0.1, 0.15) is 0 Å². The molecular formula is C15H19NO2. The lowest BCUT2D eigenvalue weighted by atomic mass is 10.1. The van der Waals surface area contributed by atoms with Gasteiger partial charge in [0.25, 0.3) is 0 Å². The van der Waals surface area contributed by atoms with Crippen LogP contribution in [0.3, 0.4) is 0 Å². The van der Waals surface area contributed by atoms with Crippen LogP contribution in [0.1, 0.15) is 12.5 Å². The van der Waals surface area contributed by atoms with Crippen LogP contribution >= 0.6 is 0 Å². The molecule has 1 rings (SSSR count). The van der Waals surface area contributed by atoms with Gasteiger partial charge in [-0.15, -0.1) is 0 Å². The van der Waals surface area contributed by atoms with E-state index in [0.29, 0.717) is 6.61 Å². The number of esters is 1. The normalized spacial score (nSPS) is 13.0. The number of hydrogen-bond donors (Lipinski definition) is 1. The van der Waals surface area contributed by atoms with Gasteiger partial charge in [0.05, 0.1) is 6.61 Å². The highest BCUT2D eigenvalue weighted by Crippen LogP contribution is 2.02. The summed E-state index contributed by atoms with van der Waals surface area (Å²) in [5, 5.41) is 0. The Balaban J connectivity index is 2.36. The lowest BCUT2D eigenvalue weighted by Crippen LogP contribution is -2.19. The molecule has 96 valence electrons. The number of allylic oxidation sites excluding steroid dienone is 2.